The number of hydrogen-bond donors (Lipinski definition) is 2. The van der Waals surface area contributed by atoms with Crippen LogP contribution in [0.3, 0.4) is 0 Å². The van der Waals surface area contributed by atoms with E-state index in [4.69, 9.17) is 5.73 Å². The first-order chi connectivity index (χ1) is 37.4. The van der Waals surface area contributed by atoms with Gasteiger partial charge in [0.25, 0.3) is 0 Å². The summed E-state index contributed by atoms with van der Waals surface area (Å²) in [6.45, 7) is 11.3. The van der Waals surface area contributed by atoms with Gasteiger partial charge < -0.3 is 44.2 Å². The van der Waals surface area contributed by atoms with Crippen LogP contribution in [0.5, 0.6) is 5.75 Å². The number of nitrogens with zero attached hydrogens (tertiary/aromatic N) is 10. The molecule has 428 valence electrons. The van der Waals surface area contributed by atoms with Crippen molar-refractivity contribution in [2.24, 2.45) is 5.73 Å². The summed E-state index contributed by atoms with van der Waals surface area (Å²) in [6, 6.07) is 15.1. The number of aryl methyl sites for hydroxylation is 1. The molecule has 0 unspecified atom stereocenters. The fraction of sp³-hybridized carbons (Fsp3) is 0.442. The van der Waals surface area contributed by atoms with Gasteiger partial charge in [0.15, 0.2) is 17.5 Å². The minimum Gasteiger partial charge on any atom is -0.406 e. The topological polar surface area (TPSA) is 175 Å². The number of carbonyl (C=O) groups excluding carboxylic acids is 3. The number of rotatable bonds is 13. The molecule has 9 rings (SSSR count). The Morgan fingerprint density at radius 3 is 1.91 bits per heavy atom. The number of benzene rings is 3. The Morgan fingerprint density at radius 1 is 0.684 bits per heavy atom. The van der Waals surface area contributed by atoms with E-state index in [2.05, 4.69) is 34.8 Å². The van der Waals surface area contributed by atoms with Gasteiger partial charge in [0.1, 0.15) is 34.7 Å². The van der Waals surface area contributed by atoms with Crippen LogP contribution in [0.2, 0.25) is 0 Å². The predicted molar refractivity (Wildman–Crippen MR) is 265 cm³/mol. The highest BCUT2D eigenvalue weighted by molar-refractivity contribution is 5.78. The number of carbonyl (C=O) groups is 3. The van der Waals surface area contributed by atoms with Crippen LogP contribution in [-0.4, -0.2) is 111 Å². The quantitative estimate of drug-likeness (QED) is 0.107. The molecule has 1 atom stereocenters. The van der Waals surface area contributed by atoms with E-state index in [1.807, 2.05) is 25.3 Å². The average molecular weight is 1130 g/mol. The van der Waals surface area contributed by atoms with E-state index < -0.39 is 41.8 Å². The van der Waals surface area contributed by atoms with Crippen LogP contribution >= 0.6 is 0 Å². The standard InChI is InChI=1S/C22H19F5N4O2.C17H22FN5O.C11H12F5N3O.C2H6/c23-17-6-1-14(9-18(17)24)10-28-11-21(32)31-8-7-30-12-19(29-20(30)13-31)15-2-4-16(5-3-15)33-22(25,26)27;1-2-15-20-21-16-11-22(7-8-23(15)16)17(24)10-13(19)9-12-5-3-4-6-14(12)18;1-2-9(20)19-4-3-18-5-7(17-8(18)6-19)10(12,13)11(14,15)16;1-2/h1-6,9,12,28H,7-8,10-11,13H2;3-6,13H,2,7-11,19H2,1H3;5H,2-4,6H2,1H3;1-2H3/t;13-;;/m.1../s1. The fourth-order valence-corrected chi connectivity index (χ4v) is 8.56. The number of fused-ring (bicyclic) bond motifs is 3. The van der Waals surface area contributed by atoms with Gasteiger partial charge in [-0.05, 0) is 60.0 Å². The SMILES string of the molecule is CC.CCC(=O)N1CCn2cc(C(F)(F)C(F)(F)F)nc2C1.CCc1nnc2n1CCN(C(=O)C[C@H](N)Cc1ccccc1F)C2.O=C(CNCc1ccc(F)c(F)c1)N1CCn2cc(-c3ccc(OC(F)(F)F)cc3)nc2C1. The van der Waals surface area contributed by atoms with Gasteiger partial charge in [0, 0.05) is 89.1 Å². The molecule has 3 aliphatic heterocycles. The van der Waals surface area contributed by atoms with Crippen molar-refractivity contribution >= 4 is 17.7 Å². The maximum absolute atomic E-state index is 13.7. The molecule has 79 heavy (non-hydrogen) atoms. The van der Waals surface area contributed by atoms with Crippen LogP contribution in [-0.2, 0) is 79.0 Å². The molecule has 3 N–H and O–H groups in total. The third-order valence-corrected chi connectivity index (χ3v) is 12.6. The van der Waals surface area contributed by atoms with Gasteiger partial charge in [-0.1, -0.05) is 52.0 Å². The fourth-order valence-electron chi connectivity index (χ4n) is 8.56. The van der Waals surface area contributed by atoms with Gasteiger partial charge in [-0.15, -0.1) is 23.4 Å². The summed E-state index contributed by atoms with van der Waals surface area (Å²) in [4.78, 5) is 49.1. The van der Waals surface area contributed by atoms with Crippen LogP contribution in [0.15, 0.2) is 79.1 Å². The molecule has 0 saturated heterocycles. The van der Waals surface area contributed by atoms with Crippen molar-refractivity contribution in [3.8, 4) is 17.0 Å². The molecular weight excluding hydrogens is 1070 g/mol. The van der Waals surface area contributed by atoms with E-state index in [0.717, 1.165) is 30.2 Å². The summed E-state index contributed by atoms with van der Waals surface area (Å²) in [5.74, 6) is -5.37. The minimum atomic E-state index is -5.68. The molecule has 16 nitrogen and oxygen atoms in total. The molecule has 0 bridgehead atoms. The number of imidazole rings is 2. The van der Waals surface area contributed by atoms with Crippen molar-refractivity contribution in [1.29, 1.82) is 0 Å². The number of aromatic nitrogens is 7. The summed E-state index contributed by atoms with van der Waals surface area (Å²) in [6.07, 6.45) is -6.33. The highest BCUT2D eigenvalue weighted by Crippen LogP contribution is 2.43. The molecular formula is C52H59F11N12O4. The Hall–Kier alpha value is -7.42. The van der Waals surface area contributed by atoms with Crippen molar-refractivity contribution in [1.82, 2.24) is 53.9 Å². The molecule has 0 spiro atoms. The van der Waals surface area contributed by atoms with Gasteiger partial charge in [0.05, 0.1) is 31.9 Å². The van der Waals surface area contributed by atoms with Gasteiger partial charge in [-0.25, -0.2) is 23.1 Å². The summed E-state index contributed by atoms with van der Waals surface area (Å²) in [7, 11) is 0. The zero-order valence-electron chi connectivity index (χ0n) is 43.5. The monoisotopic (exact) mass is 1120 g/mol. The van der Waals surface area contributed by atoms with Gasteiger partial charge in [0.2, 0.25) is 17.7 Å². The van der Waals surface area contributed by atoms with Crippen molar-refractivity contribution in [2.45, 2.75) is 124 Å². The smallest absolute Gasteiger partial charge is 0.406 e. The normalized spacial score (nSPS) is 14.5. The zero-order chi connectivity index (χ0) is 57.8. The molecule has 0 saturated carbocycles. The van der Waals surface area contributed by atoms with Crippen LogP contribution in [0.25, 0.3) is 11.3 Å². The average Bonchev–Trinajstić information content (AvgIpc) is 4.34. The number of amides is 3. The second-order valence-corrected chi connectivity index (χ2v) is 18.1. The van der Waals surface area contributed by atoms with Crippen LogP contribution < -0.4 is 15.8 Å². The van der Waals surface area contributed by atoms with E-state index in [0.29, 0.717) is 73.6 Å². The second kappa shape index (κ2) is 26.5. The first-order valence-electron chi connectivity index (χ1n) is 25.2. The number of alkyl halides is 8. The molecule has 6 heterocycles. The Balaban J connectivity index is 0.000000195. The lowest BCUT2D eigenvalue weighted by atomic mass is 10.0. The molecule has 3 aliphatic rings. The molecule has 27 heteroatoms. The molecule has 0 radical (unpaired) electrons. The van der Waals surface area contributed by atoms with Gasteiger partial charge in [-0.2, -0.15) is 22.0 Å². The van der Waals surface area contributed by atoms with Crippen LogP contribution in [0.1, 0.15) is 80.7 Å². The zero-order valence-corrected chi connectivity index (χ0v) is 43.5. The van der Waals surface area contributed by atoms with E-state index in [9.17, 15) is 62.7 Å². The third kappa shape index (κ3) is 15.9. The molecule has 3 amide bonds. The Morgan fingerprint density at radius 2 is 1.29 bits per heavy atom. The largest absolute Gasteiger partial charge is 0.573 e. The van der Waals surface area contributed by atoms with E-state index in [1.165, 1.54) is 45.9 Å². The highest BCUT2D eigenvalue weighted by Gasteiger charge is 2.60. The van der Waals surface area contributed by atoms with Crippen LogP contribution in [0.4, 0.5) is 48.3 Å². The minimum absolute atomic E-state index is 0.0211. The molecule has 3 aromatic carbocycles. The maximum atomic E-state index is 13.7. The van der Waals surface area contributed by atoms with Crippen molar-refractivity contribution in [3.05, 3.63) is 137 Å². The number of hydrogen-bond acceptors (Lipinski definition) is 10. The predicted octanol–water partition coefficient (Wildman–Crippen LogP) is 8.46. The molecule has 0 aliphatic carbocycles. The summed E-state index contributed by atoms with van der Waals surface area (Å²) < 4.78 is 149. The van der Waals surface area contributed by atoms with Crippen molar-refractivity contribution in [2.75, 3.05) is 26.2 Å². The van der Waals surface area contributed by atoms with Crippen molar-refractivity contribution in [3.63, 3.8) is 0 Å². The van der Waals surface area contributed by atoms with Crippen molar-refractivity contribution < 1.29 is 67.4 Å². The number of nitrogens with one attached hydrogen (secondary N) is 1. The Labute approximate surface area is 447 Å². The highest BCUT2D eigenvalue weighted by atomic mass is 19.4. The molecule has 0 fully saturated rings. The van der Waals surface area contributed by atoms with E-state index >= 15 is 0 Å². The van der Waals surface area contributed by atoms with E-state index in [1.54, 1.807) is 41.1 Å². The number of ether oxygens (including phenoxy) is 1. The second-order valence-electron chi connectivity index (χ2n) is 18.1. The lowest BCUT2D eigenvalue weighted by molar-refractivity contribution is -0.290. The first-order valence-corrected chi connectivity index (χ1v) is 25.2. The van der Waals surface area contributed by atoms with Gasteiger partial charge in [-0.3, -0.25) is 14.4 Å². The lowest BCUT2D eigenvalue weighted by Crippen LogP contribution is -2.42. The maximum Gasteiger partial charge on any atom is 0.573 e. The van der Waals surface area contributed by atoms with Crippen LogP contribution in [0, 0.1) is 17.5 Å². The van der Waals surface area contributed by atoms with Gasteiger partial charge >= 0.3 is 18.5 Å². The summed E-state index contributed by atoms with van der Waals surface area (Å²) >= 11 is 0. The van der Waals surface area contributed by atoms with E-state index in [-0.39, 0.29) is 87.2 Å². The molecule has 6 aromatic rings. The summed E-state index contributed by atoms with van der Waals surface area (Å²) in [5, 5.41) is 11.2. The summed E-state index contributed by atoms with van der Waals surface area (Å²) in [5.41, 5.74) is 6.99. The number of nitrogens with two attached hydrogens (primary N) is 1. The Kier molecular flexibility index (Phi) is 20.4. The first kappa shape index (κ1) is 60.8. The third-order valence-electron chi connectivity index (χ3n) is 12.6. The molecule has 3 aromatic heterocycles. The lowest BCUT2D eigenvalue weighted by Gasteiger charge is -2.28. The number of halogens is 11. The Bertz CT molecular complexity index is 3010.